The maximum absolute atomic E-state index is 6.79. The van der Waals surface area contributed by atoms with Crippen molar-refractivity contribution in [1.29, 1.82) is 0 Å². The maximum Gasteiger partial charge on any atom is 0.0825 e. The van der Waals surface area contributed by atoms with Gasteiger partial charge in [0.1, 0.15) is 0 Å². The van der Waals surface area contributed by atoms with E-state index in [2.05, 4.69) is 61.3 Å². The van der Waals surface area contributed by atoms with Crippen molar-refractivity contribution in [3.63, 3.8) is 0 Å². The molecule has 0 bridgehead atoms. The molecule has 5 aromatic carbocycles. The number of nitrogen functional groups attached to an aromatic ring is 2. The Morgan fingerprint density at radius 3 is 2.23 bits per heavy atom. The van der Waals surface area contributed by atoms with Gasteiger partial charge in [-0.1, -0.05) is 49.1 Å². The van der Waals surface area contributed by atoms with Crippen LogP contribution in [0.15, 0.2) is 91.5 Å². The van der Waals surface area contributed by atoms with Crippen LogP contribution in [0.3, 0.4) is 0 Å². The van der Waals surface area contributed by atoms with Crippen LogP contribution < -0.4 is 22.5 Å². The van der Waals surface area contributed by atoms with E-state index in [1.807, 2.05) is 48.5 Å². The van der Waals surface area contributed by atoms with Crippen LogP contribution in [0, 0.1) is 0 Å². The first-order valence-electron chi connectivity index (χ1n) is 11.8. The van der Waals surface area contributed by atoms with Gasteiger partial charge in [0.05, 0.1) is 11.7 Å². The molecule has 2 atom stereocenters. The Balaban J connectivity index is 1.56. The summed E-state index contributed by atoms with van der Waals surface area (Å²) in [7, 11) is 0. The largest absolute Gasteiger partial charge is 0.399 e. The summed E-state index contributed by atoms with van der Waals surface area (Å²) in [6.45, 7) is 6.16. The first-order valence-corrected chi connectivity index (χ1v) is 11.8. The first-order chi connectivity index (χ1) is 16.9. The van der Waals surface area contributed by atoms with E-state index in [0.717, 1.165) is 38.8 Å². The molecule has 1 aliphatic carbocycles. The van der Waals surface area contributed by atoms with Crippen molar-refractivity contribution in [1.82, 2.24) is 5.32 Å². The van der Waals surface area contributed by atoms with E-state index in [0.29, 0.717) is 0 Å². The van der Waals surface area contributed by atoms with Crippen LogP contribution in [-0.4, -0.2) is 0 Å². The molecule has 6 rings (SSSR count). The summed E-state index contributed by atoms with van der Waals surface area (Å²) < 4.78 is 0. The molecule has 0 fully saturated rings. The zero-order valence-electron chi connectivity index (χ0n) is 19.7. The predicted molar refractivity (Wildman–Crippen MR) is 149 cm³/mol. The third kappa shape index (κ3) is 3.30. The van der Waals surface area contributed by atoms with Crippen molar-refractivity contribution < 1.29 is 0 Å². The second-order valence-corrected chi connectivity index (χ2v) is 9.59. The normalized spacial score (nSPS) is 17.3. The van der Waals surface area contributed by atoms with Crippen molar-refractivity contribution in [2.75, 3.05) is 11.5 Å². The second kappa shape index (κ2) is 7.70. The van der Waals surface area contributed by atoms with Crippen molar-refractivity contribution in [3.8, 4) is 11.1 Å². The lowest BCUT2D eigenvalue weighted by atomic mass is 9.87. The lowest BCUT2D eigenvalue weighted by molar-refractivity contribution is 0.384. The van der Waals surface area contributed by atoms with E-state index in [1.54, 1.807) is 0 Å². The number of hydrogen-bond donors (Lipinski definition) is 4. The fourth-order valence-corrected chi connectivity index (χ4v) is 5.58. The van der Waals surface area contributed by atoms with Crippen LogP contribution in [0.5, 0.6) is 0 Å². The van der Waals surface area contributed by atoms with Gasteiger partial charge in [-0.05, 0) is 110 Å². The standard InChI is InChI=1S/C31H28N4/c1-3-18-6-4-5-7-25(18)30(34)35-31(2)28-16-22-12-19-8-9-23(32)14-20(19)13-21(22)15-27(28)26-11-10-24(33)17-29(26)31/h3-17,30,35H,1,32-34H2,2H3. The van der Waals surface area contributed by atoms with E-state index in [-0.39, 0.29) is 0 Å². The quantitative estimate of drug-likeness (QED) is 0.145. The highest BCUT2D eigenvalue weighted by atomic mass is 15.1. The van der Waals surface area contributed by atoms with Crippen LogP contribution in [-0.2, 0) is 5.54 Å². The Labute approximate surface area is 205 Å². The summed E-state index contributed by atoms with van der Waals surface area (Å²) >= 11 is 0. The minimum Gasteiger partial charge on any atom is -0.399 e. The van der Waals surface area contributed by atoms with Crippen LogP contribution in [0.25, 0.3) is 38.7 Å². The summed E-state index contributed by atoms with van der Waals surface area (Å²) in [5.74, 6) is 0. The Hall–Kier alpha value is -4.12. The summed E-state index contributed by atoms with van der Waals surface area (Å²) in [6.07, 6.45) is 1.45. The molecule has 35 heavy (non-hydrogen) atoms. The highest BCUT2D eigenvalue weighted by Gasteiger charge is 2.41. The molecule has 5 aromatic rings. The Morgan fingerprint density at radius 2 is 1.40 bits per heavy atom. The van der Waals surface area contributed by atoms with Gasteiger partial charge >= 0.3 is 0 Å². The molecule has 4 nitrogen and oxygen atoms in total. The maximum atomic E-state index is 6.79. The van der Waals surface area contributed by atoms with Crippen LogP contribution in [0.1, 0.15) is 35.3 Å². The number of nitrogens with two attached hydrogens (primary N) is 3. The number of anilines is 2. The molecule has 0 aromatic heterocycles. The second-order valence-electron chi connectivity index (χ2n) is 9.59. The summed E-state index contributed by atoms with van der Waals surface area (Å²) in [4.78, 5) is 0. The third-order valence-corrected chi connectivity index (χ3v) is 7.36. The zero-order chi connectivity index (χ0) is 24.3. The average molecular weight is 457 g/mol. The van der Waals surface area contributed by atoms with E-state index < -0.39 is 11.7 Å². The van der Waals surface area contributed by atoms with E-state index in [1.165, 1.54) is 27.5 Å². The monoisotopic (exact) mass is 456 g/mol. The van der Waals surface area contributed by atoms with Gasteiger partial charge in [0, 0.05) is 11.4 Å². The topological polar surface area (TPSA) is 90.1 Å². The van der Waals surface area contributed by atoms with E-state index >= 15 is 0 Å². The van der Waals surface area contributed by atoms with Gasteiger partial charge in [-0.2, -0.15) is 0 Å². The molecule has 0 aliphatic heterocycles. The number of fused-ring (bicyclic) bond motifs is 5. The summed E-state index contributed by atoms with van der Waals surface area (Å²) in [6, 6.07) is 29.3. The van der Waals surface area contributed by atoms with Crippen molar-refractivity contribution in [2.24, 2.45) is 5.73 Å². The first kappa shape index (κ1) is 21.4. The molecule has 4 heteroatoms. The Morgan fingerprint density at radius 1 is 0.743 bits per heavy atom. The summed E-state index contributed by atoms with van der Waals surface area (Å²) in [5, 5.41) is 8.41. The molecule has 172 valence electrons. The average Bonchev–Trinajstić information content (AvgIpc) is 3.08. The minimum absolute atomic E-state index is 0.398. The number of rotatable bonds is 4. The minimum atomic E-state index is -0.530. The zero-order valence-corrected chi connectivity index (χ0v) is 19.7. The Bertz CT molecular complexity index is 1650. The van der Waals surface area contributed by atoms with Gasteiger partial charge in [0.15, 0.2) is 0 Å². The van der Waals surface area contributed by atoms with E-state index in [4.69, 9.17) is 17.2 Å². The van der Waals surface area contributed by atoms with Gasteiger partial charge in [-0.3, -0.25) is 5.32 Å². The molecule has 0 spiro atoms. The molecule has 7 N–H and O–H groups in total. The Kier molecular flexibility index (Phi) is 4.71. The molecule has 0 radical (unpaired) electrons. The van der Waals surface area contributed by atoms with Gasteiger partial charge < -0.3 is 17.2 Å². The fourth-order valence-electron chi connectivity index (χ4n) is 5.58. The molecule has 0 amide bonds. The molecular formula is C31H28N4. The van der Waals surface area contributed by atoms with Crippen molar-refractivity contribution >= 4 is 39.0 Å². The lowest BCUT2D eigenvalue weighted by Gasteiger charge is -2.33. The highest BCUT2D eigenvalue weighted by Crippen LogP contribution is 2.50. The van der Waals surface area contributed by atoms with Gasteiger partial charge in [-0.15, -0.1) is 0 Å². The van der Waals surface area contributed by atoms with Gasteiger partial charge in [0.25, 0.3) is 0 Å². The van der Waals surface area contributed by atoms with Gasteiger partial charge in [0.2, 0.25) is 0 Å². The third-order valence-electron chi connectivity index (χ3n) is 7.36. The molecule has 0 saturated carbocycles. The predicted octanol–water partition coefficient (Wildman–Crippen LogP) is 6.29. The summed E-state index contributed by atoms with van der Waals surface area (Å²) in [5.41, 5.74) is 26.8. The lowest BCUT2D eigenvalue weighted by Crippen LogP contribution is -2.44. The smallest absolute Gasteiger partial charge is 0.0825 e. The van der Waals surface area contributed by atoms with Crippen molar-refractivity contribution in [3.05, 3.63) is 114 Å². The number of benzene rings is 5. The van der Waals surface area contributed by atoms with Crippen LogP contribution >= 0.6 is 0 Å². The highest BCUT2D eigenvalue weighted by molar-refractivity contribution is 6.02. The molecular weight excluding hydrogens is 428 g/mol. The molecule has 0 heterocycles. The fraction of sp³-hybridized carbons (Fsp3) is 0.0968. The van der Waals surface area contributed by atoms with E-state index in [9.17, 15) is 0 Å². The number of hydrogen-bond acceptors (Lipinski definition) is 4. The van der Waals surface area contributed by atoms with Gasteiger partial charge in [-0.25, -0.2) is 0 Å². The van der Waals surface area contributed by atoms with Crippen LogP contribution in [0.4, 0.5) is 11.4 Å². The van der Waals surface area contributed by atoms with Crippen LogP contribution in [0.2, 0.25) is 0 Å². The number of nitrogens with one attached hydrogen (secondary N) is 1. The molecule has 2 unspecified atom stereocenters. The molecule has 0 saturated heterocycles. The van der Waals surface area contributed by atoms with Crippen molar-refractivity contribution in [2.45, 2.75) is 18.6 Å². The molecule has 1 aliphatic rings. The SMILES string of the molecule is C=Cc1ccccc1C(N)NC1(C)c2cc(N)ccc2-c2cc3cc4cc(N)ccc4cc3cc21.